The first-order valence-electron chi connectivity index (χ1n) is 14.1. The van der Waals surface area contributed by atoms with E-state index < -0.39 is 11.9 Å². The van der Waals surface area contributed by atoms with Crippen LogP contribution in [0.1, 0.15) is 28.6 Å². The standard InChI is InChI=1S/C33H38N6O5S/c1-21-15-22(2)36-33(35-21)45-20-29(40)39(19-23-9-8-14-34-18-23)30(24-16-27(42-5)31(44-7)28(17-24)43-6)32(41)37-25-10-12-26(13-11-25)38(3)4/h8-18,30H,19-20H2,1-7H3,(H,37,41)/t30-/m0/s1. The Morgan fingerprint density at radius 1 is 0.911 bits per heavy atom. The summed E-state index contributed by atoms with van der Waals surface area (Å²) in [5, 5.41) is 3.49. The molecule has 0 saturated heterocycles. The average molecular weight is 631 g/mol. The monoisotopic (exact) mass is 630 g/mol. The van der Waals surface area contributed by atoms with Gasteiger partial charge in [-0.1, -0.05) is 17.8 Å². The molecule has 4 aromatic rings. The van der Waals surface area contributed by atoms with E-state index in [0.717, 1.165) is 22.6 Å². The number of aromatic nitrogens is 3. The first kappa shape index (κ1) is 33.1. The highest BCUT2D eigenvalue weighted by molar-refractivity contribution is 7.99. The van der Waals surface area contributed by atoms with Gasteiger partial charge < -0.3 is 29.3 Å². The lowest BCUT2D eigenvalue weighted by molar-refractivity contribution is -0.137. The largest absolute Gasteiger partial charge is 0.493 e. The molecule has 2 amide bonds. The van der Waals surface area contributed by atoms with E-state index in [1.54, 1.807) is 30.6 Å². The van der Waals surface area contributed by atoms with Crippen LogP contribution < -0.4 is 24.4 Å². The van der Waals surface area contributed by atoms with Crippen molar-refractivity contribution in [3.8, 4) is 17.2 Å². The fourth-order valence-corrected chi connectivity index (χ4v) is 5.60. The van der Waals surface area contributed by atoms with Crippen LogP contribution in [0, 0.1) is 13.8 Å². The van der Waals surface area contributed by atoms with E-state index in [4.69, 9.17) is 14.2 Å². The number of thioether (sulfide) groups is 1. The number of aryl methyl sites for hydroxylation is 2. The van der Waals surface area contributed by atoms with Gasteiger partial charge in [0.1, 0.15) is 6.04 Å². The van der Waals surface area contributed by atoms with Gasteiger partial charge in [0, 0.05) is 55.8 Å². The number of amides is 2. The summed E-state index contributed by atoms with van der Waals surface area (Å²) in [4.78, 5) is 45.1. The number of carbonyl (C=O) groups is 2. The highest BCUT2D eigenvalue weighted by Crippen LogP contribution is 2.41. The number of rotatable bonds is 13. The minimum Gasteiger partial charge on any atom is -0.493 e. The minimum absolute atomic E-state index is 0.00507. The maximum absolute atomic E-state index is 14.3. The van der Waals surface area contributed by atoms with Gasteiger partial charge in [0.15, 0.2) is 16.7 Å². The van der Waals surface area contributed by atoms with E-state index in [1.807, 2.05) is 69.2 Å². The van der Waals surface area contributed by atoms with Crippen molar-refractivity contribution in [2.45, 2.75) is 31.6 Å². The lowest BCUT2D eigenvalue weighted by Crippen LogP contribution is -2.42. The van der Waals surface area contributed by atoms with Gasteiger partial charge in [-0.05, 0) is 73.5 Å². The molecule has 1 N–H and O–H groups in total. The van der Waals surface area contributed by atoms with Crippen LogP contribution in [-0.2, 0) is 16.1 Å². The van der Waals surface area contributed by atoms with Crippen molar-refractivity contribution in [3.63, 3.8) is 0 Å². The summed E-state index contributed by atoms with van der Waals surface area (Å²) in [6.45, 7) is 3.87. The van der Waals surface area contributed by atoms with Gasteiger partial charge in [0.25, 0.3) is 5.91 Å². The Balaban J connectivity index is 1.80. The number of methoxy groups -OCH3 is 3. The number of benzene rings is 2. The topological polar surface area (TPSA) is 119 Å². The molecule has 0 radical (unpaired) electrons. The quantitative estimate of drug-likeness (QED) is 0.158. The van der Waals surface area contributed by atoms with E-state index in [2.05, 4.69) is 20.3 Å². The second-order valence-corrected chi connectivity index (χ2v) is 11.3. The van der Waals surface area contributed by atoms with E-state index in [1.165, 1.54) is 38.0 Å². The van der Waals surface area contributed by atoms with Crippen LogP contribution in [0.3, 0.4) is 0 Å². The van der Waals surface area contributed by atoms with Crippen LogP contribution in [0.5, 0.6) is 17.2 Å². The normalized spacial score (nSPS) is 11.4. The molecule has 2 aromatic carbocycles. The minimum atomic E-state index is -1.10. The third-order valence-corrected chi connectivity index (χ3v) is 7.73. The number of nitrogens with one attached hydrogen (secondary N) is 1. The zero-order valence-corrected chi connectivity index (χ0v) is 27.3. The average Bonchev–Trinajstić information content (AvgIpc) is 3.03. The van der Waals surface area contributed by atoms with Crippen molar-refractivity contribution in [2.75, 3.05) is 51.4 Å². The lowest BCUT2D eigenvalue weighted by atomic mass is 10.0. The molecule has 11 nitrogen and oxygen atoms in total. The molecule has 236 valence electrons. The van der Waals surface area contributed by atoms with E-state index >= 15 is 0 Å². The predicted octanol–water partition coefficient (Wildman–Crippen LogP) is 5.08. The molecular formula is C33H38N6O5S. The van der Waals surface area contributed by atoms with Crippen LogP contribution in [-0.4, -0.2) is 72.8 Å². The molecular weight excluding hydrogens is 592 g/mol. The van der Waals surface area contributed by atoms with Crippen molar-refractivity contribution < 1.29 is 23.8 Å². The van der Waals surface area contributed by atoms with Crippen molar-refractivity contribution in [1.29, 1.82) is 0 Å². The summed E-state index contributed by atoms with van der Waals surface area (Å²) < 4.78 is 16.8. The Morgan fingerprint density at radius 2 is 1.56 bits per heavy atom. The third kappa shape index (κ3) is 8.42. The highest BCUT2D eigenvalue weighted by atomic mass is 32.2. The molecule has 0 aliphatic carbocycles. The molecule has 0 spiro atoms. The fourth-order valence-electron chi connectivity index (χ4n) is 4.76. The van der Waals surface area contributed by atoms with Crippen LogP contribution in [0.4, 0.5) is 11.4 Å². The zero-order valence-electron chi connectivity index (χ0n) is 26.5. The molecule has 2 aromatic heterocycles. The van der Waals surface area contributed by atoms with Crippen molar-refractivity contribution in [1.82, 2.24) is 19.9 Å². The lowest BCUT2D eigenvalue weighted by Gasteiger charge is -2.32. The number of carbonyl (C=O) groups excluding carboxylic acids is 2. The van der Waals surface area contributed by atoms with Gasteiger partial charge in [-0.2, -0.15) is 0 Å². The van der Waals surface area contributed by atoms with Gasteiger partial charge in [-0.3, -0.25) is 14.6 Å². The molecule has 4 rings (SSSR count). The number of ether oxygens (including phenoxy) is 3. The first-order chi connectivity index (χ1) is 21.6. The molecule has 2 heterocycles. The maximum atomic E-state index is 14.3. The van der Waals surface area contributed by atoms with E-state index in [9.17, 15) is 9.59 Å². The highest BCUT2D eigenvalue weighted by Gasteiger charge is 2.34. The molecule has 0 aliphatic rings. The molecule has 0 bridgehead atoms. The predicted molar refractivity (Wildman–Crippen MR) is 175 cm³/mol. The van der Waals surface area contributed by atoms with E-state index in [0.29, 0.717) is 33.7 Å². The Labute approximate surface area is 267 Å². The Morgan fingerprint density at radius 3 is 2.09 bits per heavy atom. The number of hydrogen-bond acceptors (Lipinski definition) is 10. The van der Waals surface area contributed by atoms with Crippen LogP contribution in [0.2, 0.25) is 0 Å². The summed E-state index contributed by atoms with van der Waals surface area (Å²) in [5.41, 5.74) is 4.39. The Hall–Kier alpha value is -4.84. The molecule has 0 unspecified atom stereocenters. The second kappa shape index (κ2) is 15.2. The van der Waals surface area contributed by atoms with Gasteiger partial charge >= 0.3 is 0 Å². The molecule has 12 heteroatoms. The number of pyridine rings is 1. The van der Waals surface area contributed by atoms with Gasteiger partial charge in [0.2, 0.25) is 11.7 Å². The maximum Gasteiger partial charge on any atom is 0.251 e. The SMILES string of the molecule is COc1cc([C@@H](C(=O)Nc2ccc(N(C)C)cc2)N(Cc2cccnc2)C(=O)CSc2nc(C)cc(C)n2)cc(OC)c1OC. The molecule has 0 saturated carbocycles. The Bertz CT molecular complexity index is 1570. The summed E-state index contributed by atoms with van der Waals surface area (Å²) in [6.07, 6.45) is 3.33. The fraction of sp³-hybridized carbons (Fsp3) is 0.303. The Kier molecular flexibility index (Phi) is 11.2. The number of anilines is 2. The van der Waals surface area contributed by atoms with Crippen molar-refractivity contribution >= 4 is 35.0 Å². The third-order valence-electron chi connectivity index (χ3n) is 6.90. The number of hydrogen-bond donors (Lipinski definition) is 1. The van der Waals surface area contributed by atoms with Crippen molar-refractivity contribution in [3.05, 3.63) is 89.5 Å². The summed E-state index contributed by atoms with van der Waals surface area (Å²) in [5.74, 6) is 0.346. The van der Waals surface area contributed by atoms with Crippen LogP contribution in [0.25, 0.3) is 0 Å². The summed E-state index contributed by atoms with van der Waals surface area (Å²) in [6, 6.07) is 15.2. The smallest absolute Gasteiger partial charge is 0.251 e. The first-order valence-corrected chi connectivity index (χ1v) is 15.1. The van der Waals surface area contributed by atoms with Crippen LogP contribution in [0.15, 0.2) is 72.1 Å². The molecule has 0 fully saturated rings. The molecule has 1 atom stereocenters. The van der Waals surface area contributed by atoms with Gasteiger partial charge in [-0.15, -0.1) is 0 Å². The summed E-state index contributed by atoms with van der Waals surface area (Å²) >= 11 is 1.21. The van der Waals surface area contributed by atoms with Gasteiger partial charge in [0.05, 0.1) is 27.1 Å². The zero-order chi connectivity index (χ0) is 32.5. The second-order valence-electron chi connectivity index (χ2n) is 10.4. The van der Waals surface area contributed by atoms with E-state index in [-0.39, 0.29) is 18.2 Å². The van der Waals surface area contributed by atoms with Crippen molar-refractivity contribution in [2.24, 2.45) is 0 Å². The van der Waals surface area contributed by atoms with Crippen LogP contribution >= 0.6 is 11.8 Å². The van der Waals surface area contributed by atoms with Gasteiger partial charge in [-0.25, -0.2) is 9.97 Å². The molecule has 45 heavy (non-hydrogen) atoms. The molecule has 0 aliphatic heterocycles. The number of nitrogens with zero attached hydrogens (tertiary/aromatic N) is 5. The summed E-state index contributed by atoms with van der Waals surface area (Å²) in [7, 11) is 8.39.